The van der Waals surface area contributed by atoms with E-state index in [2.05, 4.69) is 32.9 Å². The minimum atomic E-state index is -0.109. The molecule has 0 aliphatic heterocycles. The Labute approximate surface area is 200 Å². The maximum atomic E-state index is 11.2. The van der Waals surface area contributed by atoms with Gasteiger partial charge in [-0.05, 0) is 75.5 Å². The van der Waals surface area contributed by atoms with E-state index in [1.54, 1.807) is 11.1 Å². The summed E-state index contributed by atoms with van der Waals surface area (Å²) < 4.78 is 10.6. The topological polar surface area (TPSA) is 35.5 Å². The number of allylic oxidation sites excluding steroid dienone is 4. The number of hydrogen-bond donors (Lipinski definition) is 0. The molecule has 1 fully saturated rings. The van der Waals surface area contributed by atoms with Gasteiger partial charge in [0.15, 0.2) is 0 Å². The first-order valence-electron chi connectivity index (χ1n) is 13.3. The highest BCUT2D eigenvalue weighted by molar-refractivity contribution is 5.69. The number of unbranched alkanes of at least 4 members (excludes halogenated alkanes) is 1. The lowest BCUT2D eigenvalue weighted by Crippen LogP contribution is -2.39. The summed E-state index contributed by atoms with van der Waals surface area (Å²) in [7, 11) is 3.35. The zero-order valence-electron chi connectivity index (χ0n) is 22.9. The van der Waals surface area contributed by atoms with Crippen LogP contribution in [0.3, 0.4) is 0 Å². The SMILES string of the molecule is CC.CC.COC(=O)CCC/C=C\CC1=C(C)C[C@@H](C)[C@@H]1CCCC(OC)C1(C)CCC1. The summed E-state index contributed by atoms with van der Waals surface area (Å²) in [4.78, 5) is 11.2. The van der Waals surface area contributed by atoms with Gasteiger partial charge in [0.05, 0.1) is 13.2 Å². The van der Waals surface area contributed by atoms with Crippen LogP contribution in [-0.4, -0.2) is 26.3 Å². The van der Waals surface area contributed by atoms with Gasteiger partial charge in [-0.25, -0.2) is 0 Å². The van der Waals surface area contributed by atoms with Gasteiger partial charge in [-0.3, -0.25) is 4.79 Å². The predicted octanol–water partition coefficient (Wildman–Crippen LogP) is 8.68. The van der Waals surface area contributed by atoms with Gasteiger partial charge in [-0.15, -0.1) is 0 Å². The largest absolute Gasteiger partial charge is 0.469 e. The molecule has 188 valence electrons. The summed E-state index contributed by atoms with van der Waals surface area (Å²) in [6.45, 7) is 15.1. The standard InChI is InChI=1S/C25H42O3.2C2H6/c1-19-18-20(2)22(13-10-14-23(27-4)25(3)16-11-17-25)21(19)12-8-6-7-9-15-24(26)28-5;2*1-2/h6,8,20,22-23H,7,9-18H2,1-5H3;2*1-2H3/b8-6-;;/t20-,22+,23?;;/m1../s1. The molecule has 1 saturated carbocycles. The van der Waals surface area contributed by atoms with E-state index >= 15 is 0 Å². The minimum Gasteiger partial charge on any atom is -0.469 e. The summed E-state index contributed by atoms with van der Waals surface area (Å²) in [6, 6.07) is 0. The normalized spacial score (nSPS) is 22.4. The molecule has 0 aromatic rings. The van der Waals surface area contributed by atoms with Gasteiger partial charge in [0.25, 0.3) is 0 Å². The average molecular weight is 451 g/mol. The smallest absolute Gasteiger partial charge is 0.305 e. The van der Waals surface area contributed by atoms with Crippen molar-refractivity contribution >= 4 is 5.97 Å². The first-order chi connectivity index (χ1) is 15.4. The number of methoxy groups -OCH3 is 2. The monoisotopic (exact) mass is 450 g/mol. The molecule has 0 N–H and O–H groups in total. The van der Waals surface area contributed by atoms with Gasteiger partial charge >= 0.3 is 5.97 Å². The van der Waals surface area contributed by atoms with Crippen molar-refractivity contribution in [1.29, 1.82) is 0 Å². The second kappa shape index (κ2) is 17.4. The molecule has 2 rings (SSSR count). The van der Waals surface area contributed by atoms with Crippen LogP contribution in [-0.2, 0) is 14.3 Å². The first kappa shape index (κ1) is 30.9. The van der Waals surface area contributed by atoms with Crippen molar-refractivity contribution in [3.63, 3.8) is 0 Å². The van der Waals surface area contributed by atoms with Crippen LogP contribution >= 0.6 is 0 Å². The highest BCUT2D eigenvalue weighted by atomic mass is 16.5. The Kier molecular flexibility index (Phi) is 16.8. The van der Waals surface area contributed by atoms with E-state index in [9.17, 15) is 4.79 Å². The van der Waals surface area contributed by atoms with Gasteiger partial charge in [-0.2, -0.15) is 0 Å². The summed E-state index contributed by atoms with van der Waals surface area (Å²) in [5, 5.41) is 0. The lowest BCUT2D eigenvalue weighted by molar-refractivity contribution is -0.140. The first-order valence-corrected chi connectivity index (χ1v) is 13.3. The van der Waals surface area contributed by atoms with Crippen LogP contribution in [0.5, 0.6) is 0 Å². The highest BCUT2D eigenvalue weighted by Crippen LogP contribution is 2.47. The minimum absolute atomic E-state index is 0.109. The maximum absolute atomic E-state index is 11.2. The Bertz CT molecular complexity index is 557. The van der Waals surface area contributed by atoms with Gasteiger partial charge in [0.2, 0.25) is 0 Å². The molecular weight excluding hydrogens is 396 g/mol. The van der Waals surface area contributed by atoms with E-state index in [1.807, 2.05) is 34.8 Å². The van der Waals surface area contributed by atoms with Crippen LogP contribution in [0.4, 0.5) is 0 Å². The van der Waals surface area contributed by atoms with Crippen LogP contribution in [0, 0.1) is 17.3 Å². The molecule has 0 spiro atoms. The Morgan fingerprint density at radius 3 is 2.31 bits per heavy atom. The fraction of sp³-hybridized carbons (Fsp3) is 0.828. The van der Waals surface area contributed by atoms with Gasteiger partial charge < -0.3 is 9.47 Å². The van der Waals surface area contributed by atoms with Crippen LogP contribution in [0.1, 0.15) is 119 Å². The molecule has 0 radical (unpaired) electrons. The number of rotatable bonds is 12. The molecule has 2 aliphatic carbocycles. The number of hydrogen-bond acceptors (Lipinski definition) is 3. The lowest BCUT2D eigenvalue weighted by atomic mass is 9.65. The van der Waals surface area contributed by atoms with Gasteiger partial charge in [0.1, 0.15) is 0 Å². The predicted molar refractivity (Wildman–Crippen MR) is 139 cm³/mol. The molecule has 3 atom stereocenters. The number of esters is 1. The molecule has 1 unspecified atom stereocenters. The summed E-state index contributed by atoms with van der Waals surface area (Å²) in [5.41, 5.74) is 3.70. The molecule has 0 aromatic carbocycles. The van der Waals surface area contributed by atoms with E-state index in [0.29, 0.717) is 17.9 Å². The van der Waals surface area contributed by atoms with Gasteiger partial charge in [0, 0.05) is 13.5 Å². The van der Waals surface area contributed by atoms with E-state index in [1.165, 1.54) is 52.1 Å². The van der Waals surface area contributed by atoms with Crippen molar-refractivity contribution in [1.82, 2.24) is 0 Å². The Hall–Kier alpha value is -1.09. The fourth-order valence-corrected chi connectivity index (χ4v) is 5.33. The van der Waals surface area contributed by atoms with Gasteiger partial charge in [-0.1, -0.05) is 77.7 Å². The van der Waals surface area contributed by atoms with E-state index in [4.69, 9.17) is 9.47 Å². The van der Waals surface area contributed by atoms with E-state index < -0.39 is 0 Å². The third kappa shape index (κ3) is 9.81. The van der Waals surface area contributed by atoms with Crippen LogP contribution in [0.15, 0.2) is 23.3 Å². The molecule has 3 heteroatoms. The molecule has 0 bridgehead atoms. The molecule has 0 heterocycles. The Morgan fingerprint density at radius 1 is 1.12 bits per heavy atom. The third-order valence-corrected chi connectivity index (χ3v) is 7.33. The molecular formula is C29H54O3. The fourth-order valence-electron chi connectivity index (χ4n) is 5.33. The van der Waals surface area contributed by atoms with Crippen molar-refractivity contribution in [2.24, 2.45) is 17.3 Å². The summed E-state index contributed by atoms with van der Waals surface area (Å²) in [6.07, 6.45) is 17.4. The van der Waals surface area contributed by atoms with Crippen molar-refractivity contribution in [3.05, 3.63) is 23.3 Å². The average Bonchev–Trinajstić information content (AvgIpc) is 3.06. The second-order valence-corrected chi connectivity index (χ2v) is 9.40. The molecule has 0 saturated heterocycles. The van der Waals surface area contributed by atoms with E-state index in [0.717, 1.165) is 31.1 Å². The molecule has 32 heavy (non-hydrogen) atoms. The van der Waals surface area contributed by atoms with Crippen LogP contribution in [0.2, 0.25) is 0 Å². The maximum Gasteiger partial charge on any atom is 0.305 e. The van der Waals surface area contributed by atoms with Crippen molar-refractivity contribution in [3.8, 4) is 0 Å². The van der Waals surface area contributed by atoms with Crippen molar-refractivity contribution < 1.29 is 14.3 Å². The molecule has 3 nitrogen and oxygen atoms in total. The molecule has 0 amide bonds. The quantitative estimate of drug-likeness (QED) is 0.169. The number of carbonyl (C=O) groups excluding carboxylic acids is 1. The zero-order chi connectivity index (χ0) is 24.6. The molecule has 2 aliphatic rings. The van der Waals surface area contributed by atoms with Crippen molar-refractivity contribution in [2.75, 3.05) is 14.2 Å². The second-order valence-electron chi connectivity index (χ2n) is 9.40. The van der Waals surface area contributed by atoms with Crippen LogP contribution in [0.25, 0.3) is 0 Å². The Balaban J connectivity index is 0.00000227. The zero-order valence-corrected chi connectivity index (χ0v) is 22.9. The number of ether oxygens (including phenoxy) is 2. The molecule has 0 aromatic heterocycles. The summed E-state index contributed by atoms with van der Waals surface area (Å²) in [5.74, 6) is 1.39. The van der Waals surface area contributed by atoms with Crippen molar-refractivity contribution in [2.45, 2.75) is 125 Å². The Morgan fingerprint density at radius 2 is 1.78 bits per heavy atom. The lowest BCUT2D eigenvalue weighted by Gasteiger charge is -2.44. The van der Waals surface area contributed by atoms with Crippen LogP contribution < -0.4 is 0 Å². The highest BCUT2D eigenvalue weighted by Gasteiger charge is 2.39. The number of carbonyl (C=O) groups is 1. The third-order valence-electron chi connectivity index (χ3n) is 7.33. The summed E-state index contributed by atoms with van der Waals surface area (Å²) >= 11 is 0. The van der Waals surface area contributed by atoms with E-state index in [-0.39, 0.29) is 5.97 Å².